The lowest BCUT2D eigenvalue weighted by molar-refractivity contribution is -0.122. The van der Waals surface area contributed by atoms with Crippen LogP contribution < -0.4 is 0 Å². The molecule has 30 heavy (non-hydrogen) atoms. The second-order valence-electron chi connectivity index (χ2n) is 7.04. The first-order valence-electron chi connectivity index (χ1n) is 9.86. The molecule has 1 fully saturated rings. The fourth-order valence-corrected chi connectivity index (χ4v) is 3.53. The Balaban J connectivity index is 0.000000806. The molecule has 158 valence electrons. The van der Waals surface area contributed by atoms with Crippen molar-refractivity contribution in [1.82, 2.24) is 19.4 Å². The van der Waals surface area contributed by atoms with E-state index in [4.69, 9.17) is 14.3 Å². The van der Waals surface area contributed by atoms with Gasteiger partial charge in [0.25, 0.3) is 12.4 Å². The lowest BCUT2D eigenvalue weighted by atomic mass is 10.2. The Morgan fingerprint density at radius 2 is 1.90 bits per heavy atom. The molecule has 0 spiro atoms. The Hall–Kier alpha value is -3.39. The number of carbonyl (C=O) groups is 2. The van der Waals surface area contributed by atoms with Crippen molar-refractivity contribution in [2.45, 2.75) is 19.5 Å². The second-order valence-corrected chi connectivity index (χ2v) is 7.04. The number of aromatic nitrogens is 2. The van der Waals surface area contributed by atoms with E-state index in [0.717, 1.165) is 45.7 Å². The number of furan rings is 1. The van der Waals surface area contributed by atoms with Crippen LogP contribution in [0.3, 0.4) is 0 Å². The Kier molecular flexibility index (Phi) is 7.79. The number of nitrogens with zero attached hydrogens (tertiary/aromatic N) is 4. The normalized spacial score (nSPS) is 14.5. The fraction of sp³-hybridized carbons (Fsp3) is 0.318. The van der Waals surface area contributed by atoms with Crippen molar-refractivity contribution < 1.29 is 19.1 Å². The third-order valence-electron chi connectivity index (χ3n) is 5.02. The number of carbonyl (C=O) groups excluding carboxylic acids is 1. The highest BCUT2D eigenvalue weighted by Gasteiger charge is 2.21. The van der Waals surface area contributed by atoms with E-state index < -0.39 is 0 Å². The Bertz CT molecular complexity index is 908. The molecule has 3 aromatic rings. The zero-order valence-electron chi connectivity index (χ0n) is 16.8. The fourth-order valence-electron chi connectivity index (χ4n) is 3.53. The number of amides is 1. The maximum atomic E-state index is 12.5. The Morgan fingerprint density at radius 3 is 2.63 bits per heavy atom. The molecule has 1 amide bonds. The smallest absolute Gasteiger partial charge is 0.290 e. The highest BCUT2D eigenvalue weighted by molar-refractivity contribution is 5.93. The summed E-state index contributed by atoms with van der Waals surface area (Å²) in [4.78, 5) is 29.6. The lowest BCUT2D eigenvalue weighted by Gasteiger charge is -2.22. The average Bonchev–Trinajstić information content (AvgIpc) is 3.38. The molecule has 0 atom stereocenters. The standard InChI is InChI=1S/C21H24N4O2.CH2O2/c26-21(19-7-12-27-16-19)24-9-4-8-23(10-11-24)15-20-13-22-17-25(20)14-18-5-2-1-3-6-18;2-1-3/h1-3,5-7,12-13,16-17H,4,8-11,14-15H2;1H,(H,2,3). The van der Waals surface area contributed by atoms with Crippen molar-refractivity contribution in [2.75, 3.05) is 26.2 Å². The van der Waals surface area contributed by atoms with E-state index >= 15 is 0 Å². The summed E-state index contributed by atoms with van der Waals surface area (Å²) in [6.07, 6.45) is 7.88. The number of carboxylic acid groups (broad SMARTS) is 1. The summed E-state index contributed by atoms with van der Waals surface area (Å²) in [5.41, 5.74) is 3.10. The van der Waals surface area contributed by atoms with Gasteiger partial charge in [0, 0.05) is 45.5 Å². The van der Waals surface area contributed by atoms with Crippen molar-refractivity contribution in [3.63, 3.8) is 0 Å². The van der Waals surface area contributed by atoms with Crippen LogP contribution in [0.5, 0.6) is 0 Å². The summed E-state index contributed by atoms with van der Waals surface area (Å²) >= 11 is 0. The van der Waals surface area contributed by atoms with Gasteiger partial charge >= 0.3 is 0 Å². The van der Waals surface area contributed by atoms with Gasteiger partial charge < -0.3 is 19.0 Å². The van der Waals surface area contributed by atoms with Gasteiger partial charge in [0.15, 0.2) is 0 Å². The van der Waals surface area contributed by atoms with Crippen molar-refractivity contribution in [3.8, 4) is 0 Å². The molecule has 0 aliphatic carbocycles. The molecule has 8 nitrogen and oxygen atoms in total. The van der Waals surface area contributed by atoms with E-state index in [1.54, 1.807) is 12.3 Å². The molecule has 1 saturated heterocycles. The van der Waals surface area contributed by atoms with Gasteiger partial charge in [0.1, 0.15) is 6.26 Å². The Labute approximate surface area is 175 Å². The molecule has 0 radical (unpaired) electrons. The molecule has 1 aromatic carbocycles. The zero-order valence-corrected chi connectivity index (χ0v) is 16.8. The van der Waals surface area contributed by atoms with Crippen LogP contribution in [-0.2, 0) is 17.9 Å². The van der Waals surface area contributed by atoms with Gasteiger partial charge in [-0.25, -0.2) is 4.98 Å². The third-order valence-corrected chi connectivity index (χ3v) is 5.02. The van der Waals surface area contributed by atoms with Crippen LogP contribution in [-0.4, -0.2) is 63.0 Å². The maximum Gasteiger partial charge on any atom is 0.290 e. The van der Waals surface area contributed by atoms with Crippen molar-refractivity contribution in [2.24, 2.45) is 0 Å². The topological polar surface area (TPSA) is 91.8 Å². The van der Waals surface area contributed by atoms with Gasteiger partial charge in [-0.15, -0.1) is 0 Å². The van der Waals surface area contributed by atoms with E-state index in [-0.39, 0.29) is 12.4 Å². The van der Waals surface area contributed by atoms with Crippen molar-refractivity contribution >= 4 is 12.4 Å². The first-order chi connectivity index (χ1) is 14.7. The molecule has 0 saturated carbocycles. The van der Waals surface area contributed by atoms with Crippen LogP contribution in [0.1, 0.15) is 28.0 Å². The molecular formula is C22H26N4O4. The van der Waals surface area contributed by atoms with Gasteiger partial charge in [-0.3, -0.25) is 14.5 Å². The van der Waals surface area contributed by atoms with Crippen LogP contribution in [0.2, 0.25) is 0 Å². The predicted molar refractivity (Wildman–Crippen MR) is 111 cm³/mol. The molecular weight excluding hydrogens is 384 g/mol. The van der Waals surface area contributed by atoms with Gasteiger partial charge in [-0.1, -0.05) is 30.3 Å². The SMILES string of the molecule is O=C(c1ccoc1)N1CCCN(Cc2cncn2Cc2ccccc2)CC1.O=CO. The second kappa shape index (κ2) is 11.0. The van der Waals surface area contributed by atoms with Crippen molar-refractivity contribution in [3.05, 3.63) is 78.3 Å². The number of benzene rings is 1. The summed E-state index contributed by atoms with van der Waals surface area (Å²) in [5.74, 6) is 0.0553. The first kappa shape index (κ1) is 21.3. The quantitative estimate of drug-likeness (QED) is 0.650. The highest BCUT2D eigenvalue weighted by Crippen LogP contribution is 2.13. The van der Waals surface area contributed by atoms with Crippen LogP contribution in [0.15, 0.2) is 65.9 Å². The maximum absolute atomic E-state index is 12.5. The lowest BCUT2D eigenvalue weighted by Crippen LogP contribution is -2.35. The van der Waals surface area contributed by atoms with E-state index in [1.807, 2.05) is 23.5 Å². The monoisotopic (exact) mass is 410 g/mol. The molecule has 8 heteroatoms. The minimum atomic E-state index is -0.250. The van der Waals surface area contributed by atoms with Crippen molar-refractivity contribution in [1.29, 1.82) is 0 Å². The minimum absolute atomic E-state index is 0.0553. The predicted octanol–water partition coefficient (Wildman–Crippen LogP) is 2.57. The molecule has 4 rings (SSSR count). The molecule has 3 heterocycles. The van der Waals surface area contributed by atoms with Gasteiger partial charge in [0.05, 0.1) is 23.8 Å². The average molecular weight is 410 g/mol. The molecule has 1 N–H and O–H groups in total. The van der Waals surface area contributed by atoms with Crippen LogP contribution in [0.25, 0.3) is 0 Å². The van der Waals surface area contributed by atoms with E-state index in [9.17, 15) is 4.79 Å². The summed E-state index contributed by atoms with van der Waals surface area (Å²) < 4.78 is 7.25. The largest absolute Gasteiger partial charge is 0.483 e. The molecule has 1 aliphatic heterocycles. The number of hydrogen-bond acceptors (Lipinski definition) is 5. The zero-order chi connectivity index (χ0) is 21.2. The minimum Gasteiger partial charge on any atom is -0.483 e. The number of rotatable bonds is 5. The summed E-state index contributed by atoms with van der Waals surface area (Å²) in [6, 6.07) is 12.2. The molecule has 0 bridgehead atoms. The van der Waals surface area contributed by atoms with Gasteiger partial charge in [-0.2, -0.15) is 0 Å². The molecule has 2 aromatic heterocycles. The van der Waals surface area contributed by atoms with E-state index in [0.29, 0.717) is 5.56 Å². The number of hydrogen-bond donors (Lipinski definition) is 1. The third kappa shape index (κ3) is 5.81. The molecule has 1 aliphatic rings. The first-order valence-corrected chi connectivity index (χ1v) is 9.86. The van der Waals surface area contributed by atoms with E-state index in [2.05, 4.69) is 38.7 Å². The summed E-state index contributed by atoms with van der Waals surface area (Å²) in [5, 5.41) is 6.89. The molecule has 0 unspecified atom stereocenters. The van der Waals surface area contributed by atoms with Gasteiger partial charge in [0.2, 0.25) is 0 Å². The van der Waals surface area contributed by atoms with Crippen LogP contribution >= 0.6 is 0 Å². The van der Waals surface area contributed by atoms with Gasteiger partial charge in [-0.05, 0) is 18.1 Å². The van der Waals surface area contributed by atoms with Crippen LogP contribution in [0.4, 0.5) is 0 Å². The summed E-state index contributed by atoms with van der Waals surface area (Å²) in [7, 11) is 0. The summed E-state index contributed by atoms with van der Waals surface area (Å²) in [6.45, 7) is 4.78. The highest BCUT2D eigenvalue weighted by atomic mass is 16.3. The number of imidazole rings is 1. The van der Waals surface area contributed by atoms with E-state index in [1.165, 1.54) is 17.5 Å². The van der Waals surface area contributed by atoms with Crippen LogP contribution in [0, 0.1) is 0 Å². The Morgan fingerprint density at radius 1 is 1.10 bits per heavy atom.